The summed E-state index contributed by atoms with van der Waals surface area (Å²) in [5.41, 5.74) is 0.948. The van der Waals surface area contributed by atoms with Crippen molar-refractivity contribution in [2.45, 2.75) is 43.7 Å². The van der Waals surface area contributed by atoms with Gasteiger partial charge in [-0.25, -0.2) is 4.98 Å². The molecule has 0 radical (unpaired) electrons. The van der Waals surface area contributed by atoms with Gasteiger partial charge in [-0.1, -0.05) is 23.7 Å². The van der Waals surface area contributed by atoms with E-state index in [1.54, 1.807) is 6.07 Å². The first kappa shape index (κ1) is 22.6. The average Bonchev–Trinajstić information content (AvgIpc) is 3.25. The van der Waals surface area contributed by atoms with Gasteiger partial charge in [-0.2, -0.15) is 14.8 Å². The van der Waals surface area contributed by atoms with Crippen LogP contribution in [0.15, 0.2) is 48.8 Å². The smallest absolute Gasteiger partial charge is 0.257 e. The van der Waals surface area contributed by atoms with Gasteiger partial charge in [0.1, 0.15) is 11.4 Å². The third-order valence-corrected chi connectivity index (χ3v) is 6.18. The highest BCUT2D eigenvalue weighted by Crippen LogP contribution is 2.34. The molecule has 1 saturated carbocycles. The Morgan fingerprint density at radius 2 is 2.09 bits per heavy atom. The molecule has 2 aromatic heterocycles. The highest BCUT2D eigenvalue weighted by Gasteiger charge is 2.37. The minimum Gasteiger partial charge on any atom is -0.381 e. The normalized spacial score (nSPS) is 20.0. The summed E-state index contributed by atoms with van der Waals surface area (Å²) in [5.74, 6) is -0.659. The van der Waals surface area contributed by atoms with Gasteiger partial charge in [-0.05, 0) is 43.9 Å². The summed E-state index contributed by atoms with van der Waals surface area (Å²) in [6.45, 7) is 0. The van der Waals surface area contributed by atoms with Crippen LogP contribution in [0.1, 0.15) is 42.5 Å². The maximum absolute atomic E-state index is 13.4. The number of amides is 1. The fraction of sp³-hybridized carbons (Fsp3) is 0.304. The second kappa shape index (κ2) is 9.88. The van der Waals surface area contributed by atoms with Crippen LogP contribution in [0.25, 0.3) is 0 Å². The lowest BCUT2D eigenvalue weighted by Gasteiger charge is -2.40. The number of nitriles is 1. The van der Waals surface area contributed by atoms with E-state index in [0.29, 0.717) is 29.4 Å². The molecular formula is C23H23ClFN7O. The van der Waals surface area contributed by atoms with Crippen LogP contribution in [0.4, 0.5) is 21.6 Å². The number of nitrogens with zero attached hydrogens (tertiary/aromatic N) is 3. The molecule has 0 spiro atoms. The van der Waals surface area contributed by atoms with Gasteiger partial charge in [-0.3, -0.25) is 9.89 Å². The van der Waals surface area contributed by atoms with Crippen LogP contribution in [-0.4, -0.2) is 32.7 Å². The summed E-state index contributed by atoms with van der Waals surface area (Å²) in [4.78, 5) is 16.6. The molecule has 4 N–H and O–H groups in total. The average molecular weight is 468 g/mol. The number of hydrogen-bond donors (Lipinski definition) is 4. The number of pyridine rings is 1. The van der Waals surface area contributed by atoms with Crippen molar-refractivity contribution in [2.75, 3.05) is 10.6 Å². The number of aromatic nitrogens is 3. The molecule has 0 saturated heterocycles. The summed E-state index contributed by atoms with van der Waals surface area (Å²) in [5, 5.41) is 26.2. The first-order valence-electron chi connectivity index (χ1n) is 10.6. The van der Waals surface area contributed by atoms with Gasteiger partial charge in [0.05, 0.1) is 34.9 Å². The van der Waals surface area contributed by atoms with E-state index in [4.69, 9.17) is 11.6 Å². The number of para-hydroxylation sites is 1. The lowest BCUT2D eigenvalue weighted by molar-refractivity contribution is 0.0869. The van der Waals surface area contributed by atoms with Crippen molar-refractivity contribution in [1.82, 2.24) is 20.5 Å². The third-order valence-electron chi connectivity index (χ3n) is 5.85. The zero-order valence-electron chi connectivity index (χ0n) is 17.7. The topological polar surface area (TPSA) is 119 Å². The Balaban J connectivity index is 1.43. The van der Waals surface area contributed by atoms with Crippen LogP contribution in [0, 0.1) is 17.3 Å². The molecular weight excluding hydrogens is 445 g/mol. The Morgan fingerprint density at radius 3 is 2.82 bits per heavy atom. The van der Waals surface area contributed by atoms with E-state index in [2.05, 4.69) is 37.2 Å². The fourth-order valence-corrected chi connectivity index (χ4v) is 4.29. The van der Waals surface area contributed by atoms with Crippen LogP contribution in [0.5, 0.6) is 0 Å². The molecule has 33 heavy (non-hydrogen) atoms. The van der Waals surface area contributed by atoms with E-state index in [1.807, 2.05) is 24.3 Å². The van der Waals surface area contributed by atoms with Crippen molar-refractivity contribution in [2.24, 2.45) is 0 Å². The largest absolute Gasteiger partial charge is 0.381 e. The zero-order valence-corrected chi connectivity index (χ0v) is 18.5. The van der Waals surface area contributed by atoms with Crippen LogP contribution in [0.2, 0.25) is 5.02 Å². The molecule has 3 aromatic rings. The first-order valence-corrected chi connectivity index (χ1v) is 11.0. The van der Waals surface area contributed by atoms with Gasteiger partial charge < -0.3 is 16.0 Å². The number of benzene rings is 1. The number of hydrogen-bond acceptors (Lipinski definition) is 6. The molecule has 8 nitrogen and oxygen atoms in total. The van der Waals surface area contributed by atoms with Crippen molar-refractivity contribution < 1.29 is 9.18 Å². The van der Waals surface area contributed by atoms with Crippen molar-refractivity contribution in [3.05, 3.63) is 65.3 Å². The number of carbonyl (C=O) groups is 1. The molecule has 0 aliphatic heterocycles. The van der Waals surface area contributed by atoms with E-state index in [9.17, 15) is 14.4 Å². The van der Waals surface area contributed by atoms with E-state index < -0.39 is 11.5 Å². The Labute approximate surface area is 195 Å². The molecule has 1 fully saturated rings. The summed E-state index contributed by atoms with van der Waals surface area (Å²) >= 11 is 6.25. The van der Waals surface area contributed by atoms with Crippen LogP contribution >= 0.6 is 11.6 Å². The van der Waals surface area contributed by atoms with E-state index >= 15 is 0 Å². The third kappa shape index (κ3) is 5.41. The Morgan fingerprint density at radius 1 is 1.30 bits per heavy atom. The lowest BCUT2D eigenvalue weighted by atomic mass is 9.77. The summed E-state index contributed by atoms with van der Waals surface area (Å²) < 4.78 is 13.4. The molecule has 1 aromatic carbocycles. The van der Waals surface area contributed by atoms with E-state index in [1.165, 1.54) is 18.5 Å². The Hall–Kier alpha value is -3.64. The number of rotatable bonds is 7. The molecule has 0 atom stereocenters. The van der Waals surface area contributed by atoms with Gasteiger partial charge in [-0.15, -0.1) is 0 Å². The second-order valence-corrected chi connectivity index (χ2v) is 8.53. The van der Waals surface area contributed by atoms with Crippen LogP contribution in [-0.2, 0) is 0 Å². The highest BCUT2D eigenvalue weighted by atomic mass is 35.5. The van der Waals surface area contributed by atoms with Crippen LogP contribution in [0.3, 0.4) is 0 Å². The first-order chi connectivity index (χ1) is 16.0. The summed E-state index contributed by atoms with van der Waals surface area (Å²) in [7, 11) is 0. The quantitative estimate of drug-likeness (QED) is 0.371. The molecule has 4 rings (SSSR count). The number of H-pyrrole nitrogens is 1. The number of carbonyl (C=O) groups excluding carboxylic acids is 1. The number of halogens is 2. The Bertz CT molecular complexity index is 1170. The van der Waals surface area contributed by atoms with Crippen molar-refractivity contribution in [1.29, 1.82) is 5.26 Å². The molecule has 2 heterocycles. The highest BCUT2D eigenvalue weighted by molar-refractivity contribution is 6.33. The molecule has 1 aliphatic carbocycles. The Kier molecular flexibility index (Phi) is 6.75. The predicted molar refractivity (Wildman–Crippen MR) is 124 cm³/mol. The van der Waals surface area contributed by atoms with E-state index in [-0.39, 0.29) is 23.9 Å². The van der Waals surface area contributed by atoms with Crippen molar-refractivity contribution in [3.8, 4) is 6.07 Å². The van der Waals surface area contributed by atoms with Gasteiger partial charge in [0.15, 0.2) is 0 Å². The van der Waals surface area contributed by atoms with Crippen molar-refractivity contribution in [3.63, 3.8) is 0 Å². The zero-order chi connectivity index (χ0) is 23.3. The molecule has 0 bridgehead atoms. The minimum absolute atomic E-state index is 0.196. The maximum Gasteiger partial charge on any atom is 0.257 e. The molecule has 1 aliphatic rings. The monoisotopic (exact) mass is 467 g/mol. The summed E-state index contributed by atoms with van der Waals surface area (Å²) in [6.07, 6.45) is 5.77. The van der Waals surface area contributed by atoms with Crippen molar-refractivity contribution >= 4 is 34.7 Å². The molecule has 0 unspecified atom stereocenters. The second-order valence-electron chi connectivity index (χ2n) is 8.12. The number of nitrogens with one attached hydrogen (secondary N) is 4. The standard InChI is InChI=1S/C23H23ClFN7O/c24-18-3-1-2-4-19(18)29-15-5-8-23(9-6-15,10-11-26)31-22(33)17-14-28-32-21(17)30-16-7-12-27-20(25)13-16/h1-4,7,12-15,29H,5-6,8-10H2,(H,31,33)(H2,27,28,30,32). The SMILES string of the molecule is N#CCC1(NC(=O)c2cn[nH]c2Nc2ccnc(F)c2)CCC(Nc2ccccc2Cl)CC1. The molecule has 1 amide bonds. The number of aromatic amines is 1. The van der Waals surface area contributed by atoms with E-state index in [0.717, 1.165) is 18.5 Å². The van der Waals surface area contributed by atoms with Gasteiger partial charge >= 0.3 is 0 Å². The minimum atomic E-state index is -0.638. The molecule has 170 valence electrons. The van der Waals surface area contributed by atoms with Crippen LogP contribution < -0.4 is 16.0 Å². The number of anilines is 3. The van der Waals surface area contributed by atoms with Gasteiger partial charge in [0.2, 0.25) is 5.95 Å². The van der Waals surface area contributed by atoms with Gasteiger partial charge in [0, 0.05) is 24.0 Å². The fourth-order valence-electron chi connectivity index (χ4n) is 4.10. The molecule has 10 heteroatoms. The van der Waals surface area contributed by atoms with Gasteiger partial charge in [0.25, 0.3) is 5.91 Å². The summed E-state index contributed by atoms with van der Waals surface area (Å²) in [6, 6.07) is 12.8. The lowest BCUT2D eigenvalue weighted by Crippen LogP contribution is -2.52. The predicted octanol–water partition coefficient (Wildman–Crippen LogP) is 4.78. The maximum atomic E-state index is 13.4.